The average molecular weight is 375 g/mol. The van der Waals surface area contributed by atoms with Crippen molar-refractivity contribution in [3.05, 3.63) is 59.7 Å². The van der Waals surface area contributed by atoms with Crippen molar-refractivity contribution in [3.63, 3.8) is 0 Å². The van der Waals surface area contributed by atoms with Crippen LogP contribution in [0.4, 0.5) is 0 Å². The van der Waals surface area contributed by atoms with Gasteiger partial charge < -0.3 is 19.7 Å². The van der Waals surface area contributed by atoms with Crippen LogP contribution in [0.15, 0.2) is 48.5 Å². The molecule has 2 N–H and O–H groups in total. The maximum atomic E-state index is 7.91. The Kier molecular flexibility index (Phi) is 19.7. The van der Waals surface area contributed by atoms with Crippen LogP contribution in [0, 0.1) is 11.8 Å². The SMILES string of the molecule is CC.CC.COc1ccc(Cc2ccc(OC)cc2)cc1.OCC#CCO. The van der Waals surface area contributed by atoms with Gasteiger partial charge in [-0.05, 0) is 41.8 Å². The molecule has 0 aliphatic heterocycles. The van der Waals surface area contributed by atoms with Gasteiger partial charge in [0.1, 0.15) is 24.7 Å². The lowest BCUT2D eigenvalue weighted by Gasteiger charge is -2.05. The summed E-state index contributed by atoms with van der Waals surface area (Å²) in [4.78, 5) is 0. The van der Waals surface area contributed by atoms with Crippen molar-refractivity contribution in [3.8, 4) is 23.3 Å². The molecule has 0 radical (unpaired) electrons. The number of rotatable bonds is 4. The highest BCUT2D eigenvalue weighted by atomic mass is 16.5. The topological polar surface area (TPSA) is 58.9 Å². The van der Waals surface area contributed by atoms with Gasteiger partial charge in [0.05, 0.1) is 14.2 Å². The molecule has 4 nitrogen and oxygen atoms in total. The minimum Gasteiger partial charge on any atom is -0.497 e. The molecule has 0 aliphatic rings. The van der Waals surface area contributed by atoms with E-state index in [-0.39, 0.29) is 13.2 Å². The molecule has 0 amide bonds. The molecule has 0 aromatic heterocycles. The normalized spacial score (nSPS) is 8.15. The number of aliphatic hydroxyl groups is 2. The molecule has 0 unspecified atom stereocenters. The van der Waals surface area contributed by atoms with E-state index in [9.17, 15) is 0 Å². The van der Waals surface area contributed by atoms with Gasteiger partial charge in [0.25, 0.3) is 0 Å². The molecule has 27 heavy (non-hydrogen) atoms. The van der Waals surface area contributed by atoms with Crippen molar-refractivity contribution in [1.29, 1.82) is 0 Å². The number of ether oxygens (including phenoxy) is 2. The van der Waals surface area contributed by atoms with E-state index in [2.05, 4.69) is 36.1 Å². The molecule has 0 fully saturated rings. The predicted molar refractivity (Wildman–Crippen MR) is 113 cm³/mol. The molecule has 0 spiro atoms. The third-order valence-corrected chi connectivity index (χ3v) is 3.01. The summed E-state index contributed by atoms with van der Waals surface area (Å²) >= 11 is 0. The van der Waals surface area contributed by atoms with E-state index in [0.29, 0.717) is 0 Å². The van der Waals surface area contributed by atoms with Gasteiger partial charge >= 0.3 is 0 Å². The van der Waals surface area contributed by atoms with Crippen molar-refractivity contribution in [1.82, 2.24) is 0 Å². The van der Waals surface area contributed by atoms with Crippen LogP contribution in [0.1, 0.15) is 38.8 Å². The second-order valence-electron chi connectivity index (χ2n) is 4.54. The summed E-state index contributed by atoms with van der Waals surface area (Å²) in [5, 5.41) is 15.8. The van der Waals surface area contributed by atoms with E-state index in [0.717, 1.165) is 17.9 Å². The molecule has 0 heterocycles. The van der Waals surface area contributed by atoms with E-state index in [1.165, 1.54) is 11.1 Å². The lowest BCUT2D eigenvalue weighted by molar-refractivity contribution is 0.342. The third kappa shape index (κ3) is 13.4. The largest absolute Gasteiger partial charge is 0.497 e. The predicted octanol–water partition coefficient (Wildman–Crippen LogP) is 4.32. The monoisotopic (exact) mass is 374 g/mol. The van der Waals surface area contributed by atoms with Crippen molar-refractivity contribution in [2.45, 2.75) is 34.1 Å². The number of hydrogen-bond acceptors (Lipinski definition) is 4. The molecule has 2 aromatic carbocycles. The Morgan fingerprint density at radius 1 is 0.630 bits per heavy atom. The molecular weight excluding hydrogens is 340 g/mol. The van der Waals surface area contributed by atoms with E-state index >= 15 is 0 Å². The Morgan fingerprint density at radius 3 is 1.15 bits per heavy atom. The van der Waals surface area contributed by atoms with Gasteiger partial charge in [-0.25, -0.2) is 0 Å². The molecule has 0 saturated heterocycles. The van der Waals surface area contributed by atoms with Crippen molar-refractivity contribution >= 4 is 0 Å². The second-order valence-corrected chi connectivity index (χ2v) is 4.54. The number of aliphatic hydroxyl groups excluding tert-OH is 2. The minimum atomic E-state index is -0.166. The van der Waals surface area contributed by atoms with Crippen LogP contribution in [-0.4, -0.2) is 37.6 Å². The Labute approximate surface area is 164 Å². The Bertz CT molecular complexity index is 554. The molecule has 2 rings (SSSR count). The summed E-state index contributed by atoms with van der Waals surface area (Å²) in [7, 11) is 3.36. The zero-order valence-corrected chi connectivity index (χ0v) is 17.5. The molecule has 150 valence electrons. The zero-order chi connectivity index (χ0) is 20.9. The van der Waals surface area contributed by atoms with Gasteiger partial charge in [-0.15, -0.1) is 0 Å². The molecule has 0 atom stereocenters. The number of hydrogen-bond donors (Lipinski definition) is 2. The van der Waals surface area contributed by atoms with Crippen molar-refractivity contribution in [2.24, 2.45) is 0 Å². The van der Waals surface area contributed by atoms with Crippen LogP contribution in [0.5, 0.6) is 11.5 Å². The van der Waals surface area contributed by atoms with Gasteiger partial charge in [0.15, 0.2) is 0 Å². The summed E-state index contributed by atoms with van der Waals surface area (Å²) in [5.41, 5.74) is 2.55. The fraction of sp³-hybridized carbons (Fsp3) is 0.391. The van der Waals surface area contributed by atoms with Gasteiger partial charge in [-0.2, -0.15) is 0 Å². The fourth-order valence-electron chi connectivity index (χ4n) is 1.83. The van der Waals surface area contributed by atoms with Crippen molar-refractivity contribution < 1.29 is 19.7 Å². The Hall–Kier alpha value is -2.48. The van der Waals surface area contributed by atoms with E-state index < -0.39 is 0 Å². The second kappa shape index (κ2) is 19.8. The van der Waals surface area contributed by atoms with Crippen LogP contribution >= 0.6 is 0 Å². The number of methoxy groups -OCH3 is 2. The van der Waals surface area contributed by atoms with Crippen LogP contribution in [-0.2, 0) is 6.42 Å². The molecule has 0 aliphatic carbocycles. The van der Waals surface area contributed by atoms with Crippen molar-refractivity contribution in [2.75, 3.05) is 27.4 Å². The van der Waals surface area contributed by atoms with E-state index in [1.807, 2.05) is 52.0 Å². The first kappa shape index (κ1) is 26.7. The Balaban J connectivity index is 0. The first-order chi connectivity index (χ1) is 13.2. The summed E-state index contributed by atoms with van der Waals surface area (Å²) < 4.78 is 10.3. The summed E-state index contributed by atoms with van der Waals surface area (Å²) in [6.07, 6.45) is 0.925. The molecular formula is C23H34O4. The number of benzene rings is 2. The van der Waals surface area contributed by atoms with E-state index in [4.69, 9.17) is 19.7 Å². The summed E-state index contributed by atoms with van der Waals surface area (Å²) in [6, 6.07) is 16.3. The summed E-state index contributed by atoms with van der Waals surface area (Å²) in [6.45, 7) is 7.67. The smallest absolute Gasteiger partial charge is 0.118 e. The third-order valence-electron chi connectivity index (χ3n) is 3.01. The molecule has 0 bridgehead atoms. The first-order valence-electron chi connectivity index (χ1n) is 9.16. The maximum absolute atomic E-state index is 7.91. The Morgan fingerprint density at radius 2 is 0.926 bits per heavy atom. The average Bonchev–Trinajstić information content (AvgIpc) is 2.76. The van der Waals surface area contributed by atoms with Crippen LogP contribution in [0.2, 0.25) is 0 Å². The lowest BCUT2D eigenvalue weighted by Crippen LogP contribution is -1.89. The highest BCUT2D eigenvalue weighted by molar-refractivity contribution is 5.33. The standard InChI is InChI=1S/C15H16O2.C4H6O2.2C2H6/c1-16-14-7-3-12(4-8-14)11-13-5-9-15(17-2)10-6-13;5-3-1-2-4-6;2*1-2/h3-10H,11H2,1-2H3;5-6H,3-4H2;2*1-2H3. The lowest BCUT2D eigenvalue weighted by atomic mass is 10.0. The van der Waals surface area contributed by atoms with Gasteiger partial charge in [-0.1, -0.05) is 63.8 Å². The van der Waals surface area contributed by atoms with Gasteiger partial charge in [-0.3, -0.25) is 0 Å². The van der Waals surface area contributed by atoms with Gasteiger partial charge in [0, 0.05) is 0 Å². The summed E-state index contributed by atoms with van der Waals surface area (Å²) in [5.74, 6) is 6.29. The van der Waals surface area contributed by atoms with Crippen LogP contribution < -0.4 is 9.47 Å². The minimum absolute atomic E-state index is 0.166. The fourth-order valence-corrected chi connectivity index (χ4v) is 1.83. The highest BCUT2D eigenvalue weighted by Gasteiger charge is 1.98. The highest BCUT2D eigenvalue weighted by Crippen LogP contribution is 2.17. The molecule has 4 heteroatoms. The quantitative estimate of drug-likeness (QED) is 0.783. The first-order valence-corrected chi connectivity index (χ1v) is 9.16. The molecule has 2 aromatic rings. The van der Waals surface area contributed by atoms with Crippen LogP contribution in [0.3, 0.4) is 0 Å². The van der Waals surface area contributed by atoms with Crippen LogP contribution in [0.25, 0.3) is 0 Å². The van der Waals surface area contributed by atoms with E-state index in [1.54, 1.807) is 14.2 Å². The maximum Gasteiger partial charge on any atom is 0.118 e. The van der Waals surface area contributed by atoms with Gasteiger partial charge in [0.2, 0.25) is 0 Å². The zero-order valence-electron chi connectivity index (χ0n) is 17.5. The molecule has 0 saturated carbocycles.